The zero-order chi connectivity index (χ0) is 18.0. The normalized spacial score (nSPS) is 19.6. The predicted molar refractivity (Wildman–Crippen MR) is 91.0 cm³/mol. The van der Waals surface area contributed by atoms with Crippen molar-refractivity contribution in [3.63, 3.8) is 0 Å². The second-order valence-electron chi connectivity index (χ2n) is 6.45. The first-order valence-electron chi connectivity index (χ1n) is 8.31. The van der Waals surface area contributed by atoms with E-state index < -0.39 is 11.7 Å². The van der Waals surface area contributed by atoms with E-state index in [0.717, 1.165) is 0 Å². The maximum Gasteiger partial charge on any atom is 0.291 e. The first kappa shape index (κ1) is 17.3. The van der Waals surface area contributed by atoms with Gasteiger partial charge in [0.25, 0.3) is 5.91 Å². The highest BCUT2D eigenvalue weighted by Gasteiger charge is 2.24. The van der Waals surface area contributed by atoms with Crippen LogP contribution in [0.1, 0.15) is 42.6 Å². The summed E-state index contributed by atoms with van der Waals surface area (Å²) in [4.78, 5) is 16.8. The number of para-hydroxylation sites is 1. The smallest absolute Gasteiger partial charge is 0.291 e. The number of nitrogens with zero attached hydrogens (tertiary/aromatic N) is 3. The fourth-order valence-electron chi connectivity index (χ4n) is 2.84. The van der Waals surface area contributed by atoms with Gasteiger partial charge in [0.2, 0.25) is 5.82 Å². The standard InChI is InChI=1S/C18H21FN4O2/c1-11(2)17-21-16(18(25)20-13-8-7-12(9-13)10-24)22-23(17)15-6-4-3-5-14(15)19/h3-8,11-13,24H,9-10H2,1-2H3,(H,20,25)/t12-,13+/m0/s1. The average molecular weight is 344 g/mol. The molecule has 7 heteroatoms. The lowest BCUT2D eigenvalue weighted by atomic mass is 10.1. The molecule has 0 bridgehead atoms. The molecule has 2 atom stereocenters. The van der Waals surface area contributed by atoms with Crippen LogP contribution in [-0.4, -0.2) is 38.4 Å². The van der Waals surface area contributed by atoms with Gasteiger partial charge in [0.1, 0.15) is 17.3 Å². The zero-order valence-corrected chi connectivity index (χ0v) is 14.2. The monoisotopic (exact) mass is 344 g/mol. The van der Waals surface area contributed by atoms with E-state index in [9.17, 15) is 9.18 Å². The molecule has 0 unspecified atom stereocenters. The van der Waals surface area contributed by atoms with Crippen molar-refractivity contribution < 1.29 is 14.3 Å². The van der Waals surface area contributed by atoms with Gasteiger partial charge in [-0.2, -0.15) is 0 Å². The second kappa shape index (κ2) is 7.14. The van der Waals surface area contributed by atoms with Crippen LogP contribution < -0.4 is 5.32 Å². The first-order valence-corrected chi connectivity index (χ1v) is 8.31. The van der Waals surface area contributed by atoms with Crippen LogP contribution in [0.25, 0.3) is 5.69 Å². The quantitative estimate of drug-likeness (QED) is 0.815. The molecule has 0 radical (unpaired) electrons. The molecule has 2 N–H and O–H groups in total. The lowest BCUT2D eigenvalue weighted by Gasteiger charge is -2.10. The highest BCUT2D eigenvalue weighted by molar-refractivity contribution is 5.90. The number of aromatic nitrogens is 3. The third-order valence-corrected chi connectivity index (χ3v) is 4.16. The van der Waals surface area contributed by atoms with Crippen LogP contribution in [0.3, 0.4) is 0 Å². The summed E-state index contributed by atoms with van der Waals surface area (Å²) in [5.41, 5.74) is 0.263. The van der Waals surface area contributed by atoms with E-state index in [1.54, 1.807) is 18.2 Å². The molecule has 1 aromatic heterocycles. The molecular weight excluding hydrogens is 323 g/mol. The summed E-state index contributed by atoms with van der Waals surface area (Å²) in [7, 11) is 0. The fraction of sp³-hybridized carbons (Fsp3) is 0.389. The van der Waals surface area contributed by atoms with E-state index in [2.05, 4.69) is 15.4 Å². The Hall–Kier alpha value is -2.54. The van der Waals surface area contributed by atoms with Crippen molar-refractivity contribution in [2.24, 2.45) is 5.92 Å². The lowest BCUT2D eigenvalue weighted by molar-refractivity contribution is 0.0930. The molecular formula is C18H21FN4O2. The van der Waals surface area contributed by atoms with Crippen LogP contribution in [0.4, 0.5) is 4.39 Å². The molecule has 1 amide bonds. The molecule has 1 aromatic carbocycles. The van der Waals surface area contributed by atoms with E-state index in [0.29, 0.717) is 12.2 Å². The molecule has 6 nitrogen and oxygen atoms in total. The average Bonchev–Trinajstić information content (AvgIpc) is 3.22. The summed E-state index contributed by atoms with van der Waals surface area (Å²) in [6.45, 7) is 3.88. The Morgan fingerprint density at radius 3 is 2.80 bits per heavy atom. The van der Waals surface area contributed by atoms with E-state index in [4.69, 9.17) is 5.11 Å². The van der Waals surface area contributed by atoms with Crippen LogP contribution in [-0.2, 0) is 0 Å². The zero-order valence-electron chi connectivity index (χ0n) is 14.2. The van der Waals surface area contributed by atoms with Gasteiger partial charge in [0, 0.05) is 24.5 Å². The summed E-state index contributed by atoms with van der Waals surface area (Å²) < 4.78 is 15.5. The summed E-state index contributed by atoms with van der Waals surface area (Å²) in [6.07, 6.45) is 4.39. The number of amides is 1. The molecule has 0 saturated carbocycles. The van der Waals surface area contributed by atoms with E-state index in [1.807, 2.05) is 26.0 Å². The van der Waals surface area contributed by atoms with Gasteiger partial charge in [-0.05, 0) is 18.6 Å². The minimum Gasteiger partial charge on any atom is -0.396 e. The van der Waals surface area contributed by atoms with Gasteiger partial charge in [-0.1, -0.05) is 38.1 Å². The molecule has 3 rings (SSSR count). The number of benzene rings is 1. The number of aliphatic hydroxyl groups excluding tert-OH is 1. The molecule has 1 aliphatic rings. The van der Waals surface area contributed by atoms with Crippen molar-refractivity contribution in [1.82, 2.24) is 20.1 Å². The molecule has 1 heterocycles. The third kappa shape index (κ3) is 3.61. The van der Waals surface area contributed by atoms with Crippen molar-refractivity contribution in [1.29, 1.82) is 0 Å². The SMILES string of the molecule is CC(C)c1nc(C(=O)N[C@@H]2C=C[C@H](CO)C2)nn1-c1ccccc1F. The molecule has 0 fully saturated rings. The largest absolute Gasteiger partial charge is 0.396 e. The van der Waals surface area contributed by atoms with Crippen molar-refractivity contribution in [3.05, 3.63) is 53.9 Å². The number of nitrogens with one attached hydrogen (secondary N) is 1. The number of rotatable bonds is 5. The summed E-state index contributed by atoms with van der Waals surface area (Å²) >= 11 is 0. The summed E-state index contributed by atoms with van der Waals surface area (Å²) in [5.74, 6) is -0.284. The third-order valence-electron chi connectivity index (χ3n) is 4.16. The van der Waals surface area contributed by atoms with Gasteiger partial charge in [-0.15, -0.1) is 5.10 Å². The van der Waals surface area contributed by atoms with Gasteiger partial charge in [0.05, 0.1) is 0 Å². The number of carbonyl (C=O) groups excluding carboxylic acids is 1. The maximum atomic E-state index is 14.1. The fourth-order valence-corrected chi connectivity index (χ4v) is 2.84. The number of hydrogen-bond donors (Lipinski definition) is 2. The van der Waals surface area contributed by atoms with E-state index >= 15 is 0 Å². The van der Waals surface area contributed by atoms with Crippen molar-refractivity contribution in [2.45, 2.75) is 32.2 Å². The highest BCUT2D eigenvalue weighted by atomic mass is 19.1. The molecule has 0 saturated heterocycles. The lowest BCUT2D eigenvalue weighted by Crippen LogP contribution is -2.33. The Kier molecular flexibility index (Phi) is 4.94. The Morgan fingerprint density at radius 1 is 1.40 bits per heavy atom. The predicted octanol–water partition coefficient (Wildman–Crippen LogP) is 2.20. The van der Waals surface area contributed by atoms with Gasteiger partial charge in [-0.25, -0.2) is 14.1 Å². The van der Waals surface area contributed by atoms with Crippen molar-refractivity contribution in [3.8, 4) is 5.69 Å². The molecule has 132 valence electrons. The van der Waals surface area contributed by atoms with Crippen LogP contribution in [0.5, 0.6) is 0 Å². The van der Waals surface area contributed by atoms with E-state index in [1.165, 1.54) is 10.7 Å². The molecule has 0 aliphatic heterocycles. The Morgan fingerprint density at radius 2 is 2.16 bits per heavy atom. The van der Waals surface area contributed by atoms with Gasteiger partial charge < -0.3 is 10.4 Å². The van der Waals surface area contributed by atoms with Crippen molar-refractivity contribution >= 4 is 5.91 Å². The Bertz CT molecular complexity index is 800. The molecule has 0 spiro atoms. The van der Waals surface area contributed by atoms with Gasteiger partial charge >= 0.3 is 0 Å². The number of aliphatic hydroxyl groups is 1. The summed E-state index contributed by atoms with van der Waals surface area (Å²) in [5, 5.41) is 16.2. The topological polar surface area (TPSA) is 80.0 Å². The summed E-state index contributed by atoms with van der Waals surface area (Å²) in [6, 6.07) is 6.10. The molecule has 1 aliphatic carbocycles. The molecule has 25 heavy (non-hydrogen) atoms. The highest BCUT2D eigenvalue weighted by Crippen LogP contribution is 2.20. The van der Waals surface area contributed by atoms with Crippen LogP contribution >= 0.6 is 0 Å². The second-order valence-corrected chi connectivity index (χ2v) is 6.45. The van der Waals surface area contributed by atoms with Gasteiger partial charge in [-0.3, -0.25) is 4.79 Å². The van der Waals surface area contributed by atoms with Crippen LogP contribution in [0.2, 0.25) is 0 Å². The van der Waals surface area contributed by atoms with Gasteiger partial charge in [0.15, 0.2) is 0 Å². The Balaban J connectivity index is 1.86. The minimum absolute atomic E-state index is 0.00722. The first-order chi connectivity index (χ1) is 12.0. The molecule has 2 aromatic rings. The number of halogens is 1. The maximum absolute atomic E-state index is 14.1. The Labute approximate surface area is 145 Å². The van der Waals surface area contributed by atoms with E-state index in [-0.39, 0.29) is 36.0 Å². The minimum atomic E-state index is -0.425. The van der Waals surface area contributed by atoms with Crippen LogP contribution in [0, 0.1) is 11.7 Å². The van der Waals surface area contributed by atoms with Crippen LogP contribution in [0.15, 0.2) is 36.4 Å². The van der Waals surface area contributed by atoms with Crippen molar-refractivity contribution in [2.75, 3.05) is 6.61 Å². The number of carbonyl (C=O) groups is 1. The number of hydrogen-bond acceptors (Lipinski definition) is 4.